The molecule has 3 N–H and O–H groups in total. The van der Waals surface area contributed by atoms with Crippen molar-refractivity contribution in [2.45, 2.75) is 38.8 Å². The quantitative estimate of drug-likeness (QED) is 0.647. The summed E-state index contributed by atoms with van der Waals surface area (Å²) < 4.78 is 15.3. The molecule has 150 valence electrons. The van der Waals surface area contributed by atoms with Crippen molar-refractivity contribution in [3.05, 3.63) is 29.8 Å². The van der Waals surface area contributed by atoms with Crippen molar-refractivity contribution in [2.24, 2.45) is 0 Å². The molecule has 1 aliphatic rings. The van der Waals surface area contributed by atoms with E-state index < -0.39 is 17.8 Å². The van der Waals surface area contributed by atoms with E-state index >= 15 is 0 Å². The van der Waals surface area contributed by atoms with Crippen molar-refractivity contribution in [1.82, 2.24) is 30.4 Å². The SMILES string of the molecule is CCN(CC(=O)O)C1CC(NC(=O)Nc2ccc(F)c(-n3nnnc3C)c2)C1. The van der Waals surface area contributed by atoms with E-state index in [1.807, 2.05) is 11.8 Å². The highest BCUT2D eigenvalue weighted by Crippen LogP contribution is 2.26. The molecular formula is C17H22FN7O3. The molecule has 0 atom stereocenters. The molecule has 3 rings (SSSR count). The predicted molar refractivity (Wildman–Crippen MR) is 97.7 cm³/mol. The Bertz CT molecular complexity index is 866. The van der Waals surface area contributed by atoms with Crippen LogP contribution in [0, 0.1) is 12.7 Å². The Balaban J connectivity index is 1.55. The second-order valence-electron chi connectivity index (χ2n) is 6.68. The molecule has 0 radical (unpaired) electrons. The summed E-state index contributed by atoms with van der Waals surface area (Å²) in [7, 11) is 0. The number of likely N-dealkylation sites (N-methyl/N-ethyl adjacent to an activating group) is 1. The molecule has 1 fully saturated rings. The number of carbonyl (C=O) groups excluding carboxylic acids is 1. The van der Waals surface area contributed by atoms with E-state index in [0.29, 0.717) is 30.9 Å². The van der Waals surface area contributed by atoms with Crippen molar-refractivity contribution in [3.63, 3.8) is 0 Å². The molecule has 1 aromatic heterocycles. The molecule has 0 saturated heterocycles. The van der Waals surface area contributed by atoms with Crippen molar-refractivity contribution in [2.75, 3.05) is 18.4 Å². The summed E-state index contributed by atoms with van der Waals surface area (Å²) in [6, 6.07) is 3.84. The number of urea groups is 1. The topological polar surface area (TPSA) is 125 Å². The van der Waals surface area contributed by atoms with Gasteiger partial charge < -0.3 is 15.7 Å². The Morgan fingerprint density at radius 3 is 2.75 bits per heavy atom. The number of anilines is 1. The number of hydrogen-bond donors (Lipinski definition) is 3. The molecule has 2 aromatic rings. The van der Waals surface area contributed by atoms with Crippen LogP contribution >= 0.6 is 0 Å². The molecule has 11 heteroatoms. The van der Waals surface area contributed by atoms with Crippen LogP contribution < -0.4 is 10.6 Å². The molecule has 1 aromatic carbocycles. The number of carboxylic acid groups (broad SMARTS) is 1. The minimum absolute atomic E-state index is 0.00496. The second-order valence-corrected chi connectivity index (χ2v) is 6.68. The third kappa shape index (κ3) is 4.42. The summed E-state index contributed by atoms with van der Waals surface area (Å²) in [5.74, 6) is -0.954. The maximum Gasteiger partial charge on any atom is 0.319 e. The lowest BCUT2D eigenvalue weighted by Gasteiger charge is -2.42. The summed E-state index contributed by atoms with van der Waals surface area (Å²) in [5.41, 5.74) is 0.539. The smallest absolute Gasteiger partial charge is 0.319 e. The van der Waals surface area contributed by atoms with Gasteiger partial charge in [-0.1, -0.05) is 6.92 Å². The normalized spacial score (nSPS) is 18.6. The van der Waals surface area contributed by atoms with Gasteiger partial charge in [0.1, 0.15) is 11.5 Å². The molecule has 0 bridgehead atoms. The molecule has 2 amide bonds. The molecule has 1 aliphatic carbocycles. The van der Waals surface area contributed by atoms with Gasteiger partial charge in [0.05, 0.1) is 6.54 Å². The highest BCUT2D eigenvalue weighted by atomic mass is 19.1. The van der Waals surface area contributed by atoms with Gasteiger partial charge in [0, 0.05) is 17.8 Å². The van der Waals surface area contributed by atoms with E-state index in [-0.39, 0.29) is 24.3 Å². The van der Waals surface area contributed by atoms with Crippen LogP contribution in [-0.2, 0) is 4.79 Å². The van der Waals surface area contributed by atoms with Gasteiger partial charge in [0.2, 0.25) is 0 Å². The summed E-state index contributed by atoms with van der Waals surface area (Å²) in [4.78, 5) is 25.0. The zero-order valence-electron chi connectivity index (χ0n) is 15.6. The number of hydrogen-bond acceptors (Lipinski definition) is 6. The van der Waals surface area contributed by atoms with Crippen LogP contribution in [0.4, 0.5) is 14.9 Å². The van der Waals surface area contributed by atoms with Crippen LogP contribution in [0.3, 0.4) is 0 Å². The number of amides is 2. The van der Waals surface area contributed by atoms with Gasteiger partial charge in [-0.3, -0.25) is 9.69 Å². The molecule has 1 saturated carbocycles. The number of aryl methyl sites for hydroxylation is 1. The van der Waals surface area contributed by atoms with Crippen molar-refractivity contribution in [1.29, 1.82) is 0 Å². The van der Waals surface area contributed by atoms with Crippen LogP contribution in [0.1, 0.15) is 25.6 Å². The fourth-order valence-electron chi connectivity index (χ4n) is 3.24. The highest BCUT2D eigenvalue weighted by molar-refractivity contribution is 5.89. The third-order valence-corrected chi connectivity index (χ3v) is 4.77. The number of tetrazole rings is 1. The highest BCUT2D eigenvalue weighted by Gasteiger charge is 2.34. The van der Waals surface area contributed by atoms with E-state index in [2.05, 4.69) is 26.2 Å². The first-order valence-electron chi connectivity index (χ1n) is 8.95. The monoisotopic (exact) mass is 391 g/mol. The van der Waals surface area contributed by atoms with Crippen molar-refractivity contribution in [3.8, 4) is 5.69 Å². The average Bonchev–Trinajstić information content (AvgIpc) is 3.03. The van der Waals surface area contributed by atoms with E-state index in [1.54, 1.807) is 6.92 Å². The van der Waals surface area contributed by atoms with Gasteiger partial charge in [0.15, 0.2) is 5.82 Å². The van der Waals surface area contributed by atoms with Gasteiger partial charge in [-0.2, -0.15) is 4.68 Å². The first-order valence-corrected chi connectivity index (χ1v) is 8.95. The minimum Gasteiger partial charge on any atom is -0.480 e. The second kappa shape index (κ2) is 8.30. The Kier molecular flexibility index (Phi) is 5.83. The molecular weight excluding hydrogens is 369 g/mol. The van der Waals surface area contributed by atoms with Crippen LogP contribution in [0.2, 0.25) is 0 Å². The number of aliphatic carboxylic acids is 1. The van der Waals surface area contributed by atoms with E-state index in [4.69, 9.17) is 5.11 Å². The summed E-state index contributed by atoms with van der Waals surface area (Å²) in [5, 5.41) is 25.4. The van der Waals surface area contributed by atoms with E-state index in [0.717, 1.165) is 0 Å². The van der Waals surface area contributed by atoms with Gasteiger partial charge in [-0.25, -0.2) is 9.18 Å². The number of nitrogens with zero attached hydrogens (tertiary/aromatic N) is 5. The van der Waals surface area contributed by atoms with Crippen molar-refractivity contribution >= 4 is 17.7 Å². The zero-order valence-corrected chi connectivity index (χ0v) is 15.6. The Morgan fingerprint density at radius 1 is 1.39 bits per heavy atom. The molecule has 10 nitrogen and oxygen atoms in total. The molecule has 28 heavy (non-hydrogen) atoms. The lowest BCUT2D eigenvalue weighted by atomic mass is 9.85. The summed E-state index contributed by atoms with van der Waals surface area (Å²) in [6.07, 6.45) is 1.38. The Hall–Kier alpha value is -3.08. The molecule has 0 aliphatic heterocycles. The number of carbonyl (C=O) groups is 2. The number of benzene rings is 1. The lowest BCUT2D eigenvalue weighted by molar-refractivity contribution is -0.139. The van der Waals surface area contributed by atoms with Gasteiger partial charge in [0.25, 0.3) is 0 Å². The predicted octanol–water partition coefficient (Wildman–Crippen LogP) is 1.17. The van der Waals surface area contributed by atoms with Crippen LogP contribution in [0.5, 0.6) is 0 Å². The van der Waals surface area contributed by atoms with Crippen LogP contribution in [0.25, 0.3) is 5.69 Å². The minimum atomic E-state index is -0.860. The van der Waals surface area contributed by atoms with Crippen molar-refractivity contribution < 1.29 is 19.1 Å². The maximum atomic E-state index is 14.1. The van der Waals surface area contributed by atoms with E-state index in [9.17, 15) is 14.0 Å². The molecule has 0 unspecified atom stereocenters. The standard InChI is InChI=1S/C17H22FN7O3/c1-3-24(9-16(26)27)13-6-12(7-13)20-17(28)19-11-4-5-14(18)15(8-11)25-10(2)21-22-23-25/h4-5,8,12-13H,3,6-7,9H2,1-2H3,(H,26,27)(H2,19,20,28). The number of carboxylic acids is 1. The fraction of sp³-hybridized carbons (Fsp3) is 0.471. The maximum absolute atomic E-state index is 14.1. The zero-order chi connectivity index (χ0) is 20.3. The molecule has 0 spiro atoms. The van der Waals surface area contributed by atoms with Crippen LogP contribution in [0.15, 0.2) is 18.2 Å². The third-order valence-electron chi connectivity index (χ3n) is 4.77. The van der Waals surface area contributed by atoms with E-state index in [1.165, 1.54) is 22.9 Å². The first kappa shape index (κ1) is 19.7. The summed E-state index contributed by atoms with van der Waals surface area (Å²) in [6.45, 7) is 4.19. The van der Waals surface area contributed by atoms with Gasteiger partial charge in [-0.15, -0.1) is 5.10 Å². The largest absolute Gasteiger partial charge is 0.480 e. The number of nitrogens with one attached hydrogen (secondary N) is 2. The number of rotatable bonds is 7. The van der Waals surface area contributed by atoms with Crippen LogP contribution in [-0.4, -0.2) is 67.4 Å². The number of aromatic nitrogens is 4. The fourth-order valence-corrected chi connectivity index (χ4v) is 3.24. The van der Waals surface area contributed by atoms with Gasteiger partial charge in [-0.05, 0) is 54.9 Å². The Labute approximate surface area is 160 Å². The average molecular weight is 391 g/mol. The Morgan fingerprint density at radius 2 is 2.14 bits per heavy atom. The lowest BCUT2D eigenvalue weighted by Crippen LogP contribution is -2.55. The number of halogens is 1. The first-order chi connectivity index (χ1) is 13.4. The molecule has 1 heterocycles. The van der Waals surface area contributed by atoms with Gasteiger partial charge >= 0.3 is 12.0 Å². The summed E-state index contributed by atoms with van der Waals surface area (Å²) >= 11 is 0.